The highest BCUT2D eigenvalue weighted by atomic mass is 16.5. The first-order chi connectivity index (χ1) is 14.4. The third-order valence-electron chi connectivity index (χ3n) is 8.79. The Kier molecular flexibility index (Phi) is 4.49. The molecule has 7 nitrogen and oxygen atoms in total. The number of rotatable bonds is 3. The second kappa shape index (κ2) is 6.86. The molecule has 0 amide bonds. The smallest absolute Gasteiger partial charge is 0.302 e. The Balaban J connectivity index is 1.46. The van der Waals surface area contributed by atoms with E-state index < -0.39 is 0 Å². The summed E-state index contributed by atoms with van der Waals surface area (Å²) in [6, 6.07) is 0. The molecule has 0 bridgehead atoms. The highest BCUT2D eigenvalue weighted by molar-refractivity contribution is 5.86. The van der Waals surface area contributed by atoms with E-state index >= 15 is 0 Å². The zero-order chi connectivity index (χ0) is 21.1. The van der Waals surface area contributed by atoms with Crippen LogP contribution in [0.15, 0.2) is 23.5 Å². The average Bonchev–Trinajstić information content (AvgIpc) is 3.32. The number of ether oxygens (including phenoxy) is 1. The van der Waals surface area contributed by atoms with Crippen molar-refractivity contribution in [3.05, 3.63) is 23.5 Å². The number of allylic oxidation sites excluding steroid dienone is 3. The van der Waals surface area contributed by atoms with Gasteiger partial charge in [0.2, 0.25) is 0 Å². The van der Waals surface area contributed by atoms with Crippen LogP contribution in [0.2, 0.25) is 0 Å². The summed E-state index contributed by atoms with van der Waals surface area (Å²) in [7, 11) is 0. The number of aldehydes is 1. The number of hydrogen-bond acceptors (Lipinski definition) is 6. The molecule has 6 atom stereocenters. The van der Waals surface area contributed by atoms with Gasteiger partial charge in [0.15, 0.2) is 0 Å². The van der Waals surface area contributed by atoms with Crippen molar-refractivity contribution in [1.29, 1.82) is 0 Å². The number of carbonyl (C=O) groups excluding carboxylic acids is 2. The van der Waals surface area contributed by atoms with Crippen LogP contribution >= 0.6 is 0 Å². The number of tetrazole rings is 1. The van der Waals surface area contributed by atoms with Crippen LogP contribution < -0.4 is 0 Å². The molecule has 0 aliphatic heterocycles. The molecule has 2 fully saturated rings. The van der Waals surface area contributed by atoms with Crippen LogP contribution in [0.25, 0.3) is 5.70 Å². The molecule has 1 heterocycles. The molecular weight excluding hydrogens is 380 g/mol. The molecule has 160 valence electrons. The fourth-order valence-corrected chi connectivity index (χ4v) is 7.43. The number of nitrogens with zero attached hydrogens (tertiary/aromatic N) is 4. The van der Waals surface area contributed by atoms with Crippen molar-refractivity contribution in [2.45, 2.75) is 71.8 Å². The fraction of sp³-hybridized carbons (Fsp3) is 0.696. The number of carbonyl (C=O) groups is 2. The molecule has 4 aliphatic rings. The summed E-state index contributed by atoms with van der Waals surface area (Å²) >= 11 is 0. The zero-order valence-electron chi connectivity index (χ0n) is 18.0. The normalized spacial score (nSPS) is 40.2. The molecule has 5 rings (SSSR count). The Bertz CT molecular complexity index is 936. The van der Waals surface area contributed by atoms with E-state index in [1.807, 2.05) is 0 Å². The lowest BCUT2D eigenvalue weighted by atomic mass is 9.48. The van der Waals surface area contributed by atoms with Gasteiger partial charge in [-0.2, -0.15) is 0 Å². The van der Waals surface area contributed by atoms with Gasteiger partial charge in [-0.25, -0.2) is 4.68 Å². The quantitative estimate of drug-likeness (QED) is 0.430. The van der Waals surface area contributed by atoms with E-state index in [4.69, 9.17) is 4.74 Å². The van der Waals surface area contributed by atoms with Crippen molar-refractivity contribution in [2.24, 2.45) is 28.6 Å². The highest BCUT2D eigenvalue weighted by Crippen LogP contribution is 2.66. The van der Waals surface area contributed by atoms with E-state index in [1.165, 1.54) is 12.5 Å². The van der Waals surface area contributed by atoms with E-state index in [2.05, 4.69) is 35.4 Å². The highest BCUT2D eigenvalue weighted by Gasteiger charge is 2.58. The van der Waals surface area contributed by atoms with Crippen LogP contribution in [0.3, 0.4) is 0 Å². The van der Waals surface area contributed by atoms with Gasteiger partial charge in [-0.1, -0.05) is 25.5 Å². The predicted octanol–water partition coefficient (Wildman–Crippen LogP) is 3.59. The molecular formula is C23H30N4O3. The van der Waals surface area contributed by atoms with Gasteiger partial charge in [0.05, 0.1) is 5.70 Å². The monoisotopic (exact) mass is 410 g/mol. The van der Waals surface area contributed by atoms with Crippen LogP contribution in [-0.4, -0.2) is 38.6 Å². The number of fused-ring (bicyclic) bond motifs is 5. The Morgan fingerprint density at radius 3 is 2.70 bits per heavy atom. The number of esters is 1. The van der Waals surface area contributed by atoms with Crippen LogP contribution in [0.5, 0.6) is 0 Å². The molecule has 0 spiro atoms. The summed E-state index contributed by atoms with van der Waals surface area (Å²) in [5, 5.41) is 11.8. The van der Waals surface area contributed by atoms with Crippen molar-refractivity contribution >= 4 is 18.0 Å². The van der Waals surface area contributed by atoms with Gasteiger partial charge < -0.3 is 4.74 Å². The summed E-state index contributed by atoms with van der Waals surface area (Å²) in [5.74, 6) is 1.40. The summed E-state index contributed by atoms with van der Waals surface area (Å²) < 4.78 is 7.27. The van der Waals surface area contributed by atoms with Crippen molar-refractivity contribution < 1.29 is 14.3 Å². The van der Waals surface area contributed by atoms with E-state index in [9.17, 15) is 9.59 Å². The van der Waals surface area contributed by atoms with Crippen LogP contribution in [-0.2, 0) is 14.3 Å². The minimum atomic E-state index is -0.181. The number of aromatic nitrogens is 4. The molecule has 1 aromatic heterocycles. The second-order valence-electron chi connectivity index (χ2n) is 10.1. The standard InChI is InChI=1S/C23H30N4O3/c1-14(29)30-17-6-8-22(2)16(11-17)4-5-18-19(22)7-9-23(3)20(18)10-15(12-28)21(23)27-13-24-25-26-27/h4,12-13,17-20H,5-11H2,1-3H3/t17-,18+,19-,20-,22-,23-/m0/s1. The topological polar surface area (TPSA) is 87.0 Å². The lowest BCUT2D eigenvalue weighted by molar-refractivity contribution is -0.148. The van der Waals surface area contributed by atoms with Crippen molar-refractivity contribution in [2.75, 3.05) is 0 Å². The van der Waals surface area contributed by atoms with E-state index in [-0.39, 0.29) is 22.9 Å². The fourth-order valence-electron chi connectivity index (χ4n) is 7.43. The van der Waals surface area contributed by atoms with Crippen LogP contribution in [0.4, 0.5) is 0 Å². The second-order valence-corrected chi connectivity index (χ2v) is 10.1. The van der Waals surface area contributed by atoms with E-state index in [1.54, 1.807) is 11.0 Å². The first-order valence-electron chi connectivity index (χ1n) is 11.2. The summed E-state index contributed by atoms with van der Waals surface area (Å²) in [4.78, 5) is 23.4. The molecule has 1 aromatic rings. The Morgan fingerprint density at radius 2 is 2.00 bits per heavy atom. The first kappa shape index (κ1) is 19.6. The zero-order valence-corrected chi connectivity index (χ0v) is 18.0. The van der Waals surface area contributed by atoms with E-state index in [0.29, 0.717) is 17.8 Å². The molecule has 2 saturated carbocycles. The molecule has 4 aliphatic carbocycles. The summed E-state index contributed by atoms with van der Waals surface area (Å²) in [6.45, 7) is 6.23. The lowest BCUT2D eigenvalue weighted by Gasteiger charge is -2.57. The van der Waals surface area contributed by atoms with Gasteiger partial charge in [0.1, 0.15) is 18.7 Å². The maximum atomic E-state index is 12.0. The van der Waals surface area contributed by atoms with Crippen LogP contribution in [0.1, 0.15) is 65.7 Å². The van der Waals surface area contributed by atoms with Crippen LogP contribution in [0, 0.1) is 28.6 Å². The lowest BCUT2D eigenvalue weighted by Crippen LogP contribution is -2.50. The first-order valence-corrected chi connectivity index (χ1v) is 11.2. The van der Waals surface area contributed by atoms with Gasteiger partial charge >= 0.3 is 5.97 Å². The Morgan fingerprint density at radius 1 is 1.20 bits per heavy atom. The largest absolute Gasteiger partial charge is 0.462 e. The Labute approximate surface area is 176 Å². The van der Waals surface area contributed by atoms with Gasteiger partial charge in [0, 0.05) is 24.3 Å². The van der Waals surface area contributed by atoms with Gasteiger partial charge in [-0.05, 0) is 72.1 Å². The molecule has 0 radical (unpaired) electrons. The predicted molar refractivity (Wildman–Crippen MR) is 110 cm³/mol. The third-order valence-corrected chi connectivity index (χ3v) is 8.79. The summed E-state index contributed by atoms with van der Waals surface area (Å²) in [6.07, 6.45) is 12.0. The molecule has 0 saturated heterocycles. The van der Waals surface area contributed by atoms with Gasteiger partial charge in [-0.15, -0.1) is 5.10 Å². The number of hydrogen-bond donors (Lipinski definition) is 0. The van der Waals surface area contributed by atoms with Crippen molar-refractivity contribution in [3.8, 4) is 0 Å². The van der Waals surface area contributed by atoms with Crippen molar-refractivity contribution in [1.82, 2.24) is 20.2 Å². The molecule has 30 heavy (non-hydrogen) atoms. The van der Waals surface area contributed by atoms with E-state index in [0.717, 1.165) is 62.5 Å². The maximum Gasteiger partial charge on any atom is 0.302 e. The minimum absolute atomic E-state index is 0.0217. The Hall–Kier alpha value is -2.31. The maximum absolute atomic E-state index is 12.0. The average molecular weight is 411 g/mol. The third kappa shape index (κ3) is 2.73. The molecule has 0 aromatic carbocycles. The molecule has 7 heteroatoms. The minimum Gasteiger partial charge on any atom is -0.462 e. The van der Waals surface area contributed by atoms with Gasteiger partial charge in [0.25, 0.3) is 0 Å². The van der Waals surface area contributed by atoms with Crippen molar-refractivity contribution in [3.63, 3.8) is 0 Å². The summed E-state index contributed by atoms with van der Waals surface area (Å²) in [5.41, 5.74) is 3.42. The molecule has 0 N–H and O–H groups in total. The van der Waals surface area contributed by atoms with Gasteiger partial charge in [-0.3, -0.25) is 9.59 Å². The molecule has 0 unspecified atom stereocenters. The SMILES string of the molecule is CC(=O)O[C@H]1CC[C@@]2(C)C(=CC[C@@H]3[C@@H]2CC[C@]2(C)C(n4cnnn4)=C(C=O)C[C@@H]32)C1.